The van der Waals surface area contributed by atoms with Gasteiger partial charge in [-0.3, -0.25) is 0 Å². The van der Waals surface area contributed by atoms with Gasteiger partial charge in [-0.05, 0) is 30.9 Å². The van der Waals surface area contributed by atoms with Crippen molar-refractivity contribution in [2.24, 2.45) is 5.73 Å². The minimum atomic E-state index is -0.0630. The van der Waals surface area contributed by atoms with Gasteiger partial charge in [-0.15, -0.1) is 4.98 Å². The predicted molar refractivity (Wildman–Crippen MR) is 62.2 cm³/mol. The maximum Gasteiger partial charge on any atom is 0.324 e. The third-order valence-electron chi connectivity index (χ3n) is 2.76. The fraction of sp³-hybridized carbons (Fsp3) is 0.700. The minimum Gasteiger partial charge on any atom is -0.467 e. The molecule has 1 aliphatic rings. The summed E-state index contributed by atoms with van der Waals surface area (Å²) in [7, 11) is 1.46. The molecule has 94 valence electrons. The summed E-state index contributed by atoms with van der Waals surface area (Å²) in [4.78, 5) is 11.6. The van der Waals surface area contributed by atoms with Gasteiger partial charge in [0.25, 0.3) is 0 Å². The van der Waals surface area contributed by atoms with Crippen molar-refractivity contribution in [3.63, 3.8) is 0 Å². The zero-order valence-electron chi connectivity index (χ0n) is 9.60. The highest BCUT2D eigenvalue weighted by Crippen LogP contribution is 2.22. The Hall–Kier alpha value is -1.14. The fourth-order valence-corrected chi connectivity index (χ4v) is 2.01. The average Bonchev–Trinajstić information content (AvgIpc) is 2.31. The number of rotatable bonds is 3. The Balaban J connectivity index is 2.09. The van der Waals surface area contributed by atoms with Crippen molar-refractivity contribution in [1.29, 1.82) is 0 Å². The lowest BCUT2D eigenvalue weighted by atomic mass is 9.93. The van der Waals surface area contributed by atoms with Gasteiger partial charge in [0, 0.05) is 6.04 Å². The lowest BCUT2D eigenvalue weighted by Gasteiger charge is -2.27. The van der Waals surface area contributed by atoms with Crippen molar-refractivity contribution in [3.05, 3.63) is 5.28 Å². The summed E-state index contributed by atoms with van der Waals surface area (Å²) < 4.78 is 10.5. The molecule has 1 aromatic heterocycles. The Kier molecular flexibility index (Phi) is 3.96. The molecule has 1 aromatic rings. The van der Waals surface area contributed by atoms with Gasteiger partial charge in [0.15, 0.2) is 0 Å². The molecule has 1 saturated carbocycles. The first kappa shape index (κ1) is 12.3. The Bertz CT molecular complexity index is 391. The molecule has 0 bridgehead atoms. The lowest BCUT2D eigenvalue weighted by molar-refractivity contribution is 0.119. The average molecular weight is 259 g/mol. The first-order valence-corrected chi connectivity index (χ1v) is 5.94. The summed E-state index contributed by atoms with van der Waals surface area (Å²) in [5, 5.41) is 0.0521. The van der Waals surface area contributed by atoms with E-state index in [1.807, 2.05) is 0 Å². The minimum absolute atomic E-state index is 0.0188. The summed E-state index contributed by atoms with van der Waals surface area (Å²) in [6.45, 7) is 0. The van der Waals surface area contributed by atoms with E-state index >= 15 is 0 Å². The molecule has 0 aromatic carbocycles. The third kappa shape index (κ3) is 3.17. The quantitative estimate of drug-likeness (QED) is 0.877. The number of nitrogens with two attached hydrogens (primary N) is 1. The van der Waals surface area contributed by atoms with Crippen LogP contribution in [-0.4, -0.2) is 34.2 Å². The van der Waals surface area contributed by atoms with Gasteiger partial charge in [-0.1, -0.05) is 6.42 Å². The van der Waals surface area contributed by atoms with Gasteiger partial charge in [-0.25, -0.2) is 0 Å². The van der Waals surface area contributed by atoms with Crippen LogP contribution in [0.25, 0.3) is 0 Å². The number of methoxy groups -OCH3 is 1. The smallest absolute Gasteiger partial charge is 0.324 e. The van der Waals surface area contributed by atoms with Crippen LogP contribution in [0.1, 0.15) is 25.7 Å². The highest BCUT2D eigenvalue weighted by atomic mass is 35.5. The van der Waals surface area contributed by atoms with Crippen LogP contribution >= 0.6 is 11.6 Å². The summed E-state index contributed by atoms with van der Waals surface area (Å²) in [6.07, 6.45) is 4.05. The molecule has 0 radical (unpaired) electrons. The van der Waals surface area contributed by atoms with Crippen molar-refractivity contribution in [2.45, 2.75) is 37.8 Å². The zero-order chi connectivity index (χ0) is 12.3. The van der Waals surface area contributed by atoms with Crippen LogP contribution in [0.4, 0.5) is 0 Å². The van der Waals surface area contributed by atoms with Crippen LogP contribution < -0.4 is 15.2 Å². The van der Waals surface area contributed by atoms with Crippen LogP contribution in [0.3, 0.4) is 0 Å². The molecule has 2 unspecified atom stereocenters. The van der Waals surface area contributed by atoms with Gasteiger partial charge in [0.1, 0.15) is 6.10 Å². The van der Waals surface area contributed by atoms with Crippen molar-refractivity contribution in [2.75, 3.05) is 7.11 Å². The number of ether oxygens (including phenoxy) is 2. The molecular weight excluding hydrogens is 244 g/mol. The number of nitrogens with zero attached hydrogens (tertiary/aromatic N) is 3. The van der Waals surface area contributed by atoms with E-state index in [-0.39, 0.29) is 29.5 Å². The molecule has 2 N–H and O–H groups in total. The lowest BCUT2D eigenvalue weighted by Crippen LogP contribution is -2.41. The van der Waals surface area contributed by atoms with Gasteiger partial charge >= 0.3 is 12.0 Å². The Morgan fingerprint density at radius 2 is 1.88 bits per heavy atom. The molecule has 1 heterocycles. The summed E-state index contributed by atoms with van der Waals surface area (Å²) in [5.74, 6) is 0. The second-order valence-corrected chi connectivity index (χ2v) is 4.32. The molecule has 2 rings (SSSR count). The monoisotopic (exact) mass is 258 g/mol. The molecular formula is C10H15ClN4O2. The molecule has 0 saturated heterocycles. The largest absolute Gasteiger partial charge is 0.467 e. The SMILES string of the molecule is COc1nc(Cl)nc(OC2CCCCC2N)n1. The normalized spacial score (nSPS) is 24.4. The molecule has 1 fully saturated rings. The Morgan fingerprint density at radius 1 is 1.18 bits per heavy atom. The summed E-state index contributed by atoms with van der Waals surface area (Å²) >= 11 is 5.73. The molecule has 0 spiro atoms. The van der Waals surface area contributed by atoms with E-state index in [2.05, 4.69) is 15.0 Å². The number of aromatic nitrogens is 3. The van der Waals surface area contributed by atoms with Crippen LogP contribution in [-0.2, 0) is 0 Å². The first-order chi connectivity index (χ1) is 8.19. The van der Waals surface area contributed by atoms with Crippen molar-refractivity contribution in [1.82, 2.24) is 15.0 Å². The maximum absolute atomic E-state index is 5.98. The van der Waals surface area contributed by atoms with Crippen molar-refractivity contribution >= 4 is 11.6 Å². The molecule has 17 heavy (non-hydrogen) atoms. The third-order valence-corrected chi connectivity index (χ3v) is 2.93. The van der Waals surface area contributed by atoms with Crippen LogP contribution in [0, 0.1) is 0 Å². The molecule has 2 atom stereocenters. The molecule has 0 amide bonds. The van der Waals surface area contributed by atoms with E-state index in [1.165, 1.54) is 7.11 Å². The first-order valence-electron chi connectivity index (χ1n) is 5.57. The van der Waals surface area contributed by atoms with E-state index in [9.17, 15) is 0 Å². The van der Waals surface area contributed by atoms with E-state index in [1.54, 1.807) is 0 Å². The fourth-order valence-electron chi connectivity index (χ4n) is 1.87. The zero-order valence-corrected chi connectivity index (χ0v) is 10.4. The van der Waals surface area contributed by atoms with E-state index in [0.717, 1.165) is 25.7 Å². The molecule has 0 aliphatic heterocycles. The van der Waals surface area contributed by atoms with Gasteiger partial charge in [-0.2, -0.15) is 9.97 Å². The van der Waals surface area contributed by atoms with Gasteiger partial charge < -0.3 is 15.2 Å². The predicted octanol–water partition coefficient (Wildman–Crippen LogP) is 1.18. The number of hydrogen-bond donors (Lipinski definition) is 1. The van der Waals surface area contributed by atoms with Crippen molar-refractivity contribution in [3.8, 4) is 12.0 Å². The standard InChI is InChI=1S/C10H15ClN4O2/c1-16-9-13-8(11)14-10(15-9)17-7-5-3-2-4-6(7)12/h6-7H,2-5,12H2,1H3. The second-order valence-electron chi connectivity index (χ2n) is 3.98. The second kappa shape index (κ2) is 5.46. The van der Waals surface area contributed by atoms with Gasteiger partial charge in [0.2, 0.25) is 5.28 Å². The summed E-state index contributed by atoms with van der Waals surface area (Å²) in [6, 6.07) is 0.332. The Morgan fingerprint density at radius 3 is 2.59 bits per heavy atom. The Labute approximate surface area is 105 Å². The van der Waals surface area contributed by atoms with Crippen molar-refractivity contribution < 1.29 is 9.47 Å². The molecule has 1 aliphatic carbocycles. The highest BCUT2D eigenvalue weighted by Gasteiger charge is 2.24. The highest BCUT2D eigenvalue weighted by molar-refractivity contribution is 6.28. The maximum atomic E-state index is 5.98. The van der Waals surface area contributed by atoms with Crippen LogP contribution in [0.5, 0.6) is 12.0 Å². The van der Waals surface area contributed by atoms with E-state index < -0.39 is 0 Å². The van der Waals surface area contributed by atoms with E-state index in [4.69, 9.17) is 26.8 Å². The molecule has 6 nitrogen and oxygen atoms in total. The topological polar surface area (TPSA) is 83.2 Å². The summed E-state index contributed by atoms with van der Waals surface area (Å²) in [5.41, 5.74) is 5.98. The number of hydrogen-bond acceptors (Lipinski definition) is 6. The van der Waals surface area contributed by atoms with Crippen LogP contribution in [0.2, 0.25) is 5.28 Å². The van der Waals surface area contributed by atoms with Gasteiger partial charge in [0.05, 0.1) is 7.11 Å². The van der Waals surface area contributed by atoms with Crippen LogP contribution in [0.15, 0.2) is 0 Å². The van der Waals surface area contributed by atoms with E-state index in [0.29, 0.717) is 0 Å². The molecule has 7 heteroatoms. The number of halogens is 1.